The largest absolute Gasteiger partial charge is 0.454 e. The smallest absolute Gasteiger partial charge is 0.387 e. The Hall–Kier alpha value is -2.70. The summed E-state index contributed by atoms with van der Waals surface area (Å²) in [4.78, 5) is 26.0. The van der Waals surface area contributed by atoms with Crippen LogP contribution in [0.4, 0.5) is 8.78 Å². The fraction of sp³-hybridized carbons (Fsp3) is 0.143. The van der Waals surface area contributed by atoms with E-state index in [0.29, 0.717) is 5.69 Å². The number of ketones is 1. The van der Waals surface area contributed by atoms with E-state index in [9.17, 15) is 18.4 Å². The summed E-state index contributed by atoms with van der Waals surface area (Å²) in [5.41, 5.74) is 0.338. The van der Waals surface area contributed by atoms with E-state index in [2.05, 4.69) is 9.72 Å². The summed E-state index contributed by atoms with van der Waals surface area (Å²) in [7, 11) is 0. The molecule has 0 atom stereocenters. The molecule has 1 aromatic carbocycles. The summed E-state index contributed by atoms with van der Waals surface area (Å²) < 4.78 is 33.2. The van der Waals surface area contributed by atoms with Crippen molar-refractivity contribution in [1.82, 2.24) is 4.98 Å². The SMILES string of the molecule is O=C(OCC(=O)c1ccc[nH]1)c1cccc(OC(F)F)c1. The molecule has 0 radical (unpaired) electrons. The van der Waals surface area contributed by atoms with Crippen molar-refractivity contribution < 1.29 is 27.8 Å². The number of aromatic amines is 1. The number of ether oxygens (including phenoxy) is 2. The zero-order chi connectivity index (χ0) is 15.2. The zero-order valence-electron chi connectivity index (χ0n) is 10.7. The van der Waals surface area contributed by atoms with E-state index in [1.54, 1.807) is 18.3 Å². The van der Waals surface area contributed by atoms with Crippen LogP contribution in [-0.4, -0.2) is 30.0 Å². The lowest BCUT2D eigenvalue weighted by Gasteiger charge is -2.07. The maximum Gasteiger partial charge on any atom is 0.387 e. The Morgan fingerprint density at radius 3 is 2.67 bits per heavy atom. The number of aromatic nitrogens is 1. The minimum atomic E-state index is -2.98. The molecule has 0 aliphatic carbocycles. The summed E-state index contributed by atoms with van der Waals surface area (Å²) in [6.07, 6.45) is 1.57. The number of rotatable bonds is 6. The highest BCUT2D eigenvalue weighted by Crippen LogP contribution is 2.16. The van der Waals surface area contributed by atoms with Gasteiger partial charge in [-0.2, -0.15) is 8.78 Å². The van der Waals surface area contributed by atoms with Crippen molar-refractivity contribution in [2.45, 2.75) is 6.61 Å². The van der Waals surface area contributed by atoms with Crippen LogP contribution in [0, 0.1) is 0 Å². The van der Waals surface area contributed by atoms with E-state index in [-0.39, 0.29) is 11.3 Å². The summed E-state index contributed by atoms with van der Waals surface area (Å²) in [5, 5.41) is 0. The Morgan fingerprint density at radius 1 is 1.19 bits per heavy atom. The number of alkyl halides is 2. The van der Waals surface area contributed by atoms with Gasteiger partial charge in [-0.25, -0.2) is 4.79 Å². The molecule has 2 rings (SSSR count). The lowest BCUT2D eigenvalue weighted by molar-refractivity contribution is -0.0499. The second-order valence-corrected chi connectivity index (χ2v) is 3.99. The van der Waals surface area contributed by atoms with Gasteiger partial charge in [-0.3, -0.25) is 4.79 Å². The molecular formula is C14H11F2NO4. The van der Waals surface area contributed by atoms with Crippen LogP contribution < -0.4 is 4.74 Å². The van der Waals surface area contributed by atoms with Crippen LogP contribution in [0.2, 0.25) is 0 Å². The van der Waals surface area contributed by atoms with Gasteiger partial charge in [0.1, 0.15) is 5.75 Å². The first-order chi connectivity index (χ1) is 10.1. The monoisotopic (exact) mass is 295 g/mol. The number of hydrogen-bond acceptors (Lipinski definition) is 4. The average Bonchev–Trinajstić information content (AvgIpc) is 2.98. The molecule has 0 amide bonds. The number of carbonyl (C=O) groups is 2. The number of esters is 1. The van der Waals surface area contributed by atoms with Gasteiger partial charge in [0, 0.05) is 6.20 Å². The molecular weight excluding hydrogens is 284 g/mol. The van der Waals surface area contributed by atoms with Crippen molar-refractivity contribution >= 4 is 11.8 Å². The van der Waals surface area contributed by atoms with Crippen molar-refractivity contribution in [1.29, 1.82) is 0 Å². The predicted octanol–water partition coefficient (Wildman–Crippen LogP) is 2.66. The average molecular weight is 295 g/mol. The third-order valence-electron chi connectivity index (χ3n) is 2.53. The van der Waals surface area contributed by atoms with Crippen molar-refractivity contribution in [2.24, 2.45) is 0 Å². The molecule has 0 saturated carbocycles. The topological polar surface area (TPSA) is 68.4 Å². The van der Waals surface area contributed by atoms with E-state index >= 15 is 0 Å². The molecule has 0 bridgehead atoms. The third kappa shape index (κ3) is 4.13. The lowest BCUT2D eigenvalue weighted by atomic mass is 10.2. The van der Waals surface area contributed by atoms with E-state index in [1.807, 2.05) is 0 Å². The highest BCUT2D eigenvalue weighted by atomic mass is 19.3. The Bertz CT molecular complexity index is 626. The predicted molar refractivity (Wildman–Crippen MR) is 68.5 cm³/mol. The first-order valence-corrected chi connectivity index (χ1v) is 5.95. The van der Waals surface area contributed by atoms with Gasteiger partial charge in [0.25, 0.3) is 0 Å². The van der Waals surface area contributed by atoms with E-state index in [4.69, 9.17) is 4.74 Å². The molecule has 5 nitrogen and oxygen atoms in total. The molecule has 2 aromatic rings. The van der Waals surface area contributed by atoms with Gasteiger partial charge in [-0.1, -0.05) is 6.07 Å². The van der Waals surface area contributed by atoms with Crippen molar-refractivity contribution in [3.63, 3.8) is 0 Å². The molecule has 0 fully saturated rings. The molecule has 0 spiro atoms. The molecule has 1 N–H and O–H groups in total. The number of Topliss-reactive ketones (excluding diaryl/α,β-unsaturated/α-hetero) is 1. The number of hydrogen-bond donors (Lipinski definition) is 1. The molecule has 1 heterocycles. The van der Waals surface area contributed by atoms with Gasteiger partial charge in [0.2, 0.25) is 5.78 Å². The second-order valence-electron chi connectivity index (χ2n) is 3.99. The summed E-state index contributed by atoms with van der Waals surface area (Å²) in [6, 6.07) is 8.34. The van der Waals surface area contributed by atoms with Gasteiger partial charge in [-0.05, 0) is 30.3 Å². The zero-order valence-corrected chi connectivity index (χ0v) is 10.7. The number of carbonyl (C=O) groups excluding carboxylic acids is 2. The highest BCUT2D eigenvalue weighted by Gasteiger charge is 2.13. The molecule has 21 heavy (non-hydrogen) atoms. The van der Waals surface area contributed by atoms with Crippen molar-refractivity contribution in [2.75, 3.05) is 6.61 Å². The second kappa shape index (κ2) is 6.65. The summed E-state index contributed by atoms with van der Waals surface area (Å²) in [6.45, 7) is -3.43. The van der Waals surface area contributed by atoms with E-state index < -0.39 is 25.0 Å². The fourth-order valence-electron chi connectivity index (χ4n) is 1.60. The Kier molecular flexibility index (Phi) is 4.65. The van der Waals surface area contributed by atoms with Gasteiger partial charge in [0.05, 0.1) is 11.3 Å². The molecule has 7 heteroatoms. The van der Waals surface area contributed by atoms with Crippen LogP contribution >= 0.6 is 0 Å². The molecule has 0 aliphatic rings. The van der Waals surface area contributed by atoms with Crippen LogP contribution in [0.15, 0.2) is 42.6 Å². The van der Waals surface area contributed by atoms with Gasteiger partial charge >= 0.3 is 12.6 Å². The minimum Gasteiger partial charge on any atom is -0.454 e. The quantitative estimate of drug-likeness (QED) is 0.657. The van der Waals surface area contributed by atoms with Crippen LogP contribution in [0.5, 0.6) is 5.75 Å². The molecule has 1 aromatic heterocycles. The number of nitrogens with one attached hydrogen (secondary N) is 1. The summed E-state index contributed by atoms with van der Waals surface area (Å²) in [5.74, 6) is -1.35. The van der Waals surface area contributed by atoms with Crippen LogP contribution in [0.25, 0.3) is 0 Å². The molecule has 0 unspecified atom stereocenters. The van der Waals surface area contributed by atoms with Crippen molar-refractivity contribution in [3.05, 3.63) is 53.9 Å². The maximum atomic E-state index is 12.1. The van der Waals surface area contributed by atoms with Crippen molar-refractivity contribution in [3.8, 4) is 5.75 Å². The van der Waals surface area contributed by atoms with Gasteiger partial charge in [-0.15, -0.1) is 0 Å². The standard InChI is InChI=1S/C14H11F2NO4/c15-14(16)21-10-4-1-3-9(7-10)13(19)20-8-12(18)11-5-2-6-17-11/h1-7,14,17H,8H2. The minimum absolute atomic E-state index is 0.0208. The molecule has 0 aliphatic heterocycles. The first-order valence-electron chi connectivity index (χ1n) is 5.95. The maximum absolute atomic E-state index is 12.1. The highest BCUT2D eigenvalue weighted by molar-refractivity contribution is 5.98. The molecule has 110 valence electrons. The Morgan fingerprint density at radius 2 is 2.00 bits per heavy atom. The van der Waals surface area contributed by atoms with E-state index in [1.165, 1.54) is 18.2 Å². The number of halogens is 2. The van der Waals surface area contributed by atoms with Crippen LogP contribution in [0.1, 0.15) is 20.8 Å². The van der Waals surface area contributed by atoms with Crippen LogP contribution in [-0.2, 0) is 4.74 Å². The number of benzene rings is 1. The number of H-pyrrole nitrogens is 1. The normalized spacial score (nSPS) is 10.4. The first kappa shape index (κ1) is 14.7. The van der Waals surface area contributed by atoms with Crippen LogP contribution in [0.3, 0.4) is 0 Å². The Labute approximate surface area is 118 Å². The lowest BCUT2D eigenvalue weighted by Crippen LogP contribution is -2.14. The summed E-state index contributed by atoms with van der Waals surface area (Å²) >= 11 is 0. The van der Waals surface area contributed by atoms with Gasteiger partial charge < -0.3 is 14.5 Å². The van der Waals surface area contributed by atoms with E-state index in [0.717, 1.165) is 6.07 Å². The van der Waals surface area contributed by atoms with Gasteiger partial charge in [0.15, 0.2) is 6.61 Å². The third-order valence-corrected chi connectivity index (χ3v) is 2.53. The Balaban J connectivity index is 1.95. The fourth-order valence-corrected chi connectivity index (χ4v) is 1.60. The molecule has 0 saturated heterocycles.